The van der Waals surface area contributed by atoms with Crippen molar-refractivity contribution in [3.05, 3.63) is 33.3 Å². The number of piperidine rings is 1. The zero-order valence-corrected chi connectivity index (χ0v) is 17.1. The van der Waals surface area contributed by atoms with Gasteiger partial charge in [0.25, 0.3) is 0 Å². The van der Waals surface area contributed by atoms with Gasteiger partial charge in [-0.1, -0.05) is 30.1 Å². The number of rotatable bonds is 4. The minimum absolute atomic E-state index is 0.0441. The Hall–Kier alpha value is -1.59. The first-order valence-electron chi connectivity index (χ1n) is 9.27. The maximum atomic E-state index is 12.6. The highest BCUT2D eigenvalue weighted by Crippen LogP contribution is 2.36. The quantitative estimate of drug-likeness (QED) is 0.766. The van der Waals surface area contributed by atoms with Gasteiger partial charge in [0, 0.05) is 36.0 Å². The first kappa shape index (κ1) is 20.2. The van der Waals surface area contributed by atoms with Crippen molar-refractivity contribution in [1.29, 1.82) is 0 Å². The maximum Gasteiger partial charge on any atom is 0.233 e. The van der Waals surface area contributed by atoms with Crippen molar-refractivity contribution in [1.82, 2.24) is 10.2 Å². The van der Waals surface area contributed by atoms with Crippen molar-refractivity contribution in [2.75, 3.05) is 13.1 Å². The smallest absolute Gasteiger partial charge is 0.233 e. The second kappa shape index (κ2) is 7.80. The summed E-state index contributed by atoms with van der Waals surface area (Å²) in [4.78, 5) is 37.7. The van der Waals surface area contributed by atoms with Gasteiger partial charge in [-0.2, -0.15) is 0 Å². The number of amides is 3. The van der Waals surface area contributed by atoms with E-state index in [1.165, 1.54) is 0 Å². The zero-order chi connectivity index (χ0) is 19.8. The number of hydrogen-bond donors (Lipinski definition) is 1. The van der Waals surface area contributed by atoms with Crippen LogP contribution in [0.3, 0.4) is 0 Å². The highest BCUT2D eigenvalue weighted by Gasteiger charge is 2.42. The van der Waals surface area contributed by atoms with Crippen LogP contribution in [-0.2, 0) is 14.4 Å². The van der Waals surface area contributed by atoms with E-state index in [-0.39, 0.29) is 30.6 Å². The Bertz CT molecular complexity index is 788. The molecule has 3 amide bonds. The molecule has 1 N–H and O–H groups in total. The predicted molar refractivity (Wildman–Crippen MR) is 105 cm³/mol. The van der Waals surface area contributed by atoms with E-state index in [9.17, 15) is 14.4 Å². The van der Waals surface area contributed by atoms with Gasteiger partial charge in [-0.15, -0.1) is 0 Å². The van der Waals surface area contributed by atoms with Crippen molar-refractivity contribution in [3.63, 3.8) is 0 Å². The van der Waals surface area contributed by atoms with Crippen LogP contribution in [0.1, 0.15) is 56.1 Å². The van der Waals surface area contributed by atoms with Crippen molar-refractivity contribution < 1.29 is 14.4 Å². The molecule has 0 saturated carbocycles. The summed E-state index contributed by atoms with van der Waals surface area (Å²) >= 11 is 12.4. The lowest BCUT2D eigenvalue weighted by molar-refractivity contribution is -0.133. The largest absolute Gasteiger partial charge is 0.343 e. The molecule has 27 heavy (non-hydrogen) atoms. The van der Waals surface area contributed by atoms with Gasteiger partial charge < -0.3 is 4.90 Å². The molecule has 1 aromatic carbocycles. The molecule has 146 valence electrons. The molecule has 7 heteroatoms. The lowest BCUT2D eigenvalue weighted by atomic mass is 9.83. The molecule has 2 fully saturated rings. The van der Waals surface area contributed by atoms with Gasteiger partial charge in [0.2, 0.25) is 17.7 Å². The minimum Gasteiger partial charge on any atom is -0.343 e. The number of likely N-dealkylation sites (tertiary alicyclic amines) is 1. The van der Waals surface area contributed by atoms with Gasteiger partial charge in [0.1, 0.15) is 0 Å². The molecule has 0 radical (unpaired) electrons. The molecule has 1 unspecified atom stereocenters. The van der Waals surface area contributed by atoms with E-state index < -0.39 is 5.41 Å². The molecular formula is C20H24Cl2N2O3. The van der Waals surface area contributed by atoms with Crippen molar-refractivity contribution in [2.45, 2.75) is 51.9 Å². The van der Waals surface area contributed by atoms with Crippen LogP contribution in [0.15, 0.2) is 12.1 Å². The van der Waals surface area contributed by atoms with E-state index in [2.05, 4.69) is 5.32 Å². The normalized spacial score (nSPS) is 23.6. The maximum absolute atomic E-state index is 12.6. The van der Waals surface area contributed by atoms with Crippen LogP contribution in [-0.4, -0.2) is 35.7 Å². The van der Waals surface area contributed by atoms with Crippen LogP contribution >= 0.6 is 23.2 Å². The van der Waals surface area contributed by atoms with E-state index >= 15 is 0 Å². The number of hydrogen-bond acceptors (Lipinski definition) is 3. The summed E-state index contributed by atoms with van der Waals surface area (Å²) in [5.41, 5.74) is 1.45. The van der Waals surface area contributed by atoms with Crippen LogP contribution in [0, 0.1) is 12.3 Å². The van der Waals surface area contributed by atoms with Gasteiger partial charge in [-0.25, -0.2) is 0 Å². The van der Waals surface area contributed by atoms with Gasteiger partial charge in [-0.3, -0.25) is 19.7 Å². The summed E-state index contributed by atoms with van der Waals surface area (Å²) < 4.78 is 0. The van der Waals surface area contributed by atoms with Gasteiger partial charge in [-0.05, 0) is 55.4 Å². The second-order valence-electron chi connectivity index (χ2n) is 7.87. The Labute approximate surface area is 169 Å². The second-order valence-corrected chi connectivity index (χ2v) is 8.72. The molecule has 2 heterocycles. The number of halogens is 2. The van der Waals surface area contributed by atoms with Crippen LogP contribution in [0.25, 0.3) is 0 Å². The molecule has 2 aliphatic heterocycles. The third kappa shape index (κ3) is 4.30. The third-order valence-corrected chi connectivity index (χ3v) is 6.49. The lowest BCUT2D eigenvalue weighted by Crippen LogP contribution is -2.39. The molecule has 0 aliphatic carbocycles. The van der Waals surface area contributed by atoms with Crippen molar-refractivity contribution in [2.24, 2.45) is 5.41 Å². The number of benzene rings is 1. The minimum atomic E-state index is -0.764. The van der Waals surface area contributed by atoms with Crippen molar-refractivity contribution in [3.8, 4) is 0 Å². The van der Waals surface area contributed by atoms with Crippen molar-refractivity contribution >= 4 is 40.9 Å². The summed E-state index contributed by atoms with van der Waals surface area (Å²) in [7, 11) is 0. The van der Waals surface area contributed by atoms with E-state index in [0.29, 0.717) is 35.5 Å². The van der Waals surface area contributed by atoms with Gasteiger partial charge in [0.15, 0.2) is 0 Å². The summed E-state index contributed by atoms with van der Waals surface area (Å²) in [5.74, 6) is -0.151. The molecule has 3 rings (SSSR count). The van der Waals surface area contributed by atoms with Crippen LogP contribution in [0.5, 0.6) is 0 Å². The van der Waals surface area contributed by atoms with Gasteiger partial charge >= 0.3 is 0 Å². The molecule has 2 saturated heterocycles. The summed E-state index contributed by atoms with van der Waals surface area (Å²) in [5, 5.41) is 3.64. The molecular weight excluding hydrogens is 387 g/mol. The number of nitrogens with one attached hydrogen (secondary N) is 1. The molecule has 0 bridgehead atoms. The Morgan fingerprint density at radius 2 is 1.93 bits per heavy atom. The number of carbonyl (C=O) groups is 3. The Balaban J connectivity index is 1.56. The monoisotopic (exact) mass is 410 g/mol. The molecule has 1 aromatic rings. The standard InChI is InChI=1S/C20H24Cl2N2O3/c1-12-15(9-14(21)10-16(12)22)13-4-7-24(8-5-13)18(26)3-6-20(2)11-17(25)23-19(20)27/h9-10,13H,3-8,11H2,1-2H3,(H,23,25,27). The van der Waals surface area contributed by atoms with E-state index in [1.807, 2.05) is 17.9 Å². The van der Waals surface area contributed by atoms with E-state index in [1.54, 1.807) is 13.0 Å². The summed E-state index contributed by atoms with van der Waals surface area (Å²) in [6.07, 6.45) is 2.56. The average Bonchev–Trinajstić information content (AvgIpc) is 2.88. The fourth-order valence-corrected chi connectivity index (χ4v) is 4.54. The van der Waals surface area contributed by atoms with Crippen LogP contribution < -0.4 is 5.32 Å². The Morgan fingerprint density at radius 1 is 1.26 bits per heavy atom. The number of carbonyl (C=O) groups excluding carboxylic acids is 3. The van der Waals surface area contributed by atoms with E-state index in [4.69, 9.17) is 23.2 Å². The zero-order valence-electron chi connectivity index (χ0n) is 15.6. The summed E-state index contributed by atoms with van der Waals surface area (Å²) in [6, 6.07) is 3.73. The number of imide groups is 1. The number of nitrogens with zero attached hydrogens (tertiary/aromatic N) is 1. The lowest BCUT2D eigenvalue weighted by Gasteiger charge is -2.33. The summed E-state index contributed by atoms with van der Waals surface area (Å²) in [6.45, 7) is 5.10. The fraction of sp³-hybridized carbons (Fsp3) is 0.550. The molecule has 1 atom stereocenters. The third-order valence-electron chi connectivity index (χ3n) is 5.88. The predicted octanol–water partition coefficient (Wildman–Crippen LogP) is 3.84. The SMILES string of the molecule is Cc1c(Cl)cc(Cl)cc1C1CCN(C(=O)CCC2(C)CC(=O)NC2=O)CC1. The molecule has 0 aromatic heterocycles. The highest BCUT2D eigenvalue weighted by atomic mass is 35.5. The molecule has 2 aliphatic rings. The fourth-order valence-electron chi connectivity index (χ4n) is 4.03. The van der Waals surface area contributed by atoms with Crippen LogP contribution in [0.4, 0.5) is 0 Å². The Morgan fingerprint density at radius 3 is 2.52 bits per heavy atom. The average molecular weight is 411 g/mol. The topological polar surface area (TPSA) is 66.5 Å². The Kier molecular flexibility index (Phi) is 5.82. The van der Waals surface area contributed by atoms with E-state index in [0.717, 1.165) is 24.0 Å². The first-order chi connectivity index (χ1) is 12.7. The highest BCUT2D eigenvalue weighted by molar-refractivity contribution is 6.35. The first-order valence-corrected chi connectivity index (χ1v) is 10.0. The molecule has 5 nitrogen and oxygen atoms in total. The molecule has 0 spiro atoms. The van der Waals surface area contributed by atoms with Gasteiger partial charge in [0.05, 0.1) is 5.41 Å². The van der Waals surface area contributed by atoms with Crippen LogP contribution in [0.2, 0.25) is 10.0 Å².